The van der Waals surface area contributed by atoms with Crippen LogP contribution in [0.25, 0.3) is 0 Å². The molecule has 1 nitrogen and oxygen atoms in total. The lowest BCUT2D eigenvalue weighted by molar-refractivity contribution is 0.799. The lowest BCUT2D eigenvalue weighted by Gasteiger charge is -2.08. The zero-order chi connectivity index (χ0) is 10.1. The molecule has 0 bridgehead atoms. The van der Waals surface area contributed by atoms with Crippen LogP contribution in [0.5, 0.6) is 0 Å². The highest BCUT2D eigenvalue weighted by Crippen LogP contribution is 2.10. The summed E-state index contributed by atoms with van der Waals surface area (Å²) in [5, 5.41) is 0. The van der Waals surface area contributed by atoms with Crippen molar-refractivity contribution in [2.75, 3.05) is 7.05 Å². The van der Waals surface area contributed by atoms with E-state index in [4.69, 9.17) is 0 Å². The van der Waals surface area contributed by atoms with E-state index in [1.54, 1.807) is 0 Å². The van der Waals surface area contributed by atoms with Crippen molar-refractivity contribution < 1.29 is 0 Å². The molecule has 0 saturated heterocycles. The third-order valence-corrected chi connectivity index (χ3v) is 1.69. The molecule has 0 aromatic carbocycles. The quantitative estimate of drug-likeness (QED) is 0.559. The first kappa shape index (κ1) is 14.0. The topological polar surface area (TPSA) is 12.4 Å². The van der Waals surface area contributed by atoms with E-state index in [1.165, 1.54) is 5.57 Å². The van der Waals surface area contributed by atoms with E-state index in [-0.39, 0.29) is 0 Å². The molecule has 12 heavy (non-hydrogen) atoms. The van der Waals surface area contributed by atoms with Gasteiger partial charge in [-0.05, 0) is 25.3 Å². The largest absolute Gasteiger partial charge is 0.293 e. The van der Waals surface area contributed by atoms with Crippen molar-refractivity contribution in [3.63, 3.8) is 0 Å². The molecule has 0 amide bonds. The Morgan fingerprint density at radius 1 is 1.25 bits per heavy atom. The highest BCUT2D eigenvalue weighted by molar-refractivity contribution is 5.98. The maximum atomic E-state index is 4.13. The molecule has 0 aliphatic carbocycles. The summed E-state index contributed by atoms with van der Waals surface area (Å²) >= 11 is 0. The van der Waals surface area contributed by atoms with Gasteiger partial charge in [0.05, 0.1) is 0 Å². The van der Waals surface area contributed by atoms with Gasteiger partial charge in [0, 0.05) is 12.8 Å². The fraction of sp³-hybridized carbons (Fsp3) is 0.727. The van der Waals surface area contributed by atoms with Gasteiger partial charge in [-0.25, -0.2) is 0 Å². The van der Waals surface area contributed by atoms with E-state index in [0.717, 1.165) is 5.71 Å². The number of allylic oxidation sites excluding steroid dienone is 2. The van der Waals surface area contributed by atoms with E-state index in [0.29, 0.717) is 5.92 Å². The average molecular weight is 169 g/mol. The lowest BCUT2D eigenvalue weighted by atomic mass is 9.99. The van der Waals surface area contributed by atoms with Crippen molar-refractivity contribution in [1.29, 1.82) is 0 Å². The lowest BCUT2D eigenvalue weighted by Crippen LogP contribution is -2.03. The zero-order valence-corrected chi connectivity index (χ0v) is 9.60. The van der Waals surface area contributed by atoms with Crippen molar-refractivity contribution in [1.82, 2.24) is 0 Å². The van der Waals surface area contributed by atoms with Gasteiger partial charge in [0.15, 0.2) is 0 Å². The number of rotatable bonds is 2. The van der Waals surface area contributed by atoms with Gasteiger partial charge in [-0.15, -0.1) is 0 Å². The normalized spacial score (nSPS) is 12.7. The molecule has 0 rings (SSSR count). The van der Waals surface area contributed by atoms with Gasteiger partial charge >= 0.3 is 0 Å². The summed E-state index contributed by atoms with van der Waals surface area (Å²) in [7, 11) is 1.83. The summed E-state index contributed by atoms with van der Waals surface area (Å²) in [6, 6.07) is 0. The molecule has 72 valence electrons. The van der Waals surface area contributed by atoms with Crippen LogP contribution < -0.4 is 0 Å². The molecule has 0 aromatic rings. The van der Waals surface area contributed by atoms with E-state index < -0.39 is 0 Å². The third kappa shape index (κ3) is 5.11. The number of hydrogen-bond donors (Lipinski definition) is 0. The van der Waals surface area contributed by atoms with Crippen LogP contribution in [-0.4, -0.2) is 12.8 Å². The van der Waals surface area contributed by atoms with Crippen LogP contribution in [0.2, 0.25) is 0 Å². The summed E-state index contributed by atoms with van der Waals surface area (Å²) in [4.78, 5) is 4.13. The summed E-state index contributed by atoms with van der Waals surface area (Å²) in [6.45, 7) is 12.5. The Morgan fingerprint density at radius 3 is 1.75 bits per heavy atom. The minimum Gasteiger partial charge on any atom is -0.293 e. The molecular weight excluding hydrogens is 146 g/mol. The Hall–Kier alpha value is -0.590. The number of hydrogen-bond acceptors (Lipinski definition) is 1. The Balaban J connectivity index is 0. The molecule has 0 heterocycles. The van der Waals surface area contributed by atoms with E-state index in [9.17, 15) is 0 Å². The first-order valence-electron chi connectivity index (χ1n) is 4.73. The summed E-state index contributed by atoms with van der Waals surface area (Å²) < 4.78 is 0. The third-order valence-electron chi connectivity index (χ3n) is 1.69. The smallest absolute Gasteiger partial charge is 0.0345 e. The van der Waals surface area contributed by atoms with Gasteiger partial charge in [0.25, 0.3) is 0 Å². The molecule has 0 aliphatic rings. The highest BCUT2D eigenvalue weighted by Gasteiger charge is 2.03. The fourth-order valence-corrected chi connectivity index (χ4v) is 1.09. The molecule has 0 aromatic heterocycles. The van der Waals surface area contributed by atoms with Crippen LogP contribution in [0.15, 0.2) is 16.6 Å². The van der Waals surface area contributed by atoms with Crippen LogP contribution in [0.1, 0.15) is 41.5 Å². The van der Waals surface area contributed by atoms with Crippen molar-refractivity contribution >= 4 is 5.71 Å². The van der Waals surface area contributed by atoms with Gasteiger partial charge in [-0.3, -0.25) is 4.99 Å². The molecule has 1 heteroatoms. The van der Waals surface area contributed by atoms with Crippen molar-refractivity contribution in [2.45, 2.75) is 41.5 Å². The second-order valence-electron chi connectivity index (χ2n) is 2.71. The molecule has 0 unspecified atom stereocenters. The molecular formula is C11H23N. The van der Waals surface area contributed by atoms with Gasteiger partial charge in [0.1, 0.15) is 0 Å². The predicted octanol–water partition coefficient (Wildman–Crippen LogP) is 3.71. The van der Waals surface area contributed by atoms with Crippen LogP contribution in [0.4, 0.5) is 0 Å². The molecule has 0 spiro atoms. The fourth-order valence-electron chi connectivity index (χ4n) is 1.09. The summed E-state index contributed by atoms with van der Waals surface area (Å²) in [6.07, 6.45) is 2.13. The van der Waals surface area contributed by atoms with E-state index in [1.807, 2.05) is 20.9 Å². The van der Waals surface area contributed by atoms with E-state index >= 15 is 0 Å². The molecule has 0 radical (unpaired) electrons. The molecule has 0 N–H and O–H groups in total. The van der Waals surface area contributed by atoms with Crippen molar-refractivity contribution in [3.8, 4) is 0 Å². The highest BCUT2D eigenvalue weighted by atomic mass is 14.7. The monoisotopic (exact) mass is 169 g/mol. The zero-order valence-electron chi connectivity index (χ0n) is 9.60. The average Bonchev–Trinajstić information content (AvgIpc) is 2.08. The first-order chi connectivity index (χ1) is 5.63. The SMILES string of the molecule is C/C=C(\C(C)=NC)C(C)C.CC. The maximum absolute atomic E-state index is 4.13. The number of aliphatic imine (C=N–C) groups is 1. The van der Waals surface area contributed by atoms with Crippen molar-refractivity contribution in [2.24, 2.45) is 10.9 Å². The second kappa shape index (κ2) is 8.51. The van der Waals surface area contributed by atoms with Crippen molar-refractivity contribution in [3.05, 3.63) is 11.6 Å². The maximum Gasteiger partial charge on any atom is 0.0345 e. The van der Waals surface area contributed by atoms with Crippen LogP contribution in [0.3, 0.4) is 0 Å². The van der Waals surface area contributed by atoms with Crippen LogP contribution in [-0.2, 0) is 0 Å². The molecule has 0 atom stereocenters. The minimum absolute atomic E-state index is 0.591. The Labute approximate surface area is 77.6 Å². The van der Waals surface area contributed by atoms with Gasteiger partial charge in [-0.1, -0.05) is 33.8 Å². The van der Waals surface area contributed by atoms with Gasteiger partial charge in [0.2, 0.25) is 0 Å². The van der Waals surface area contributed by atoms with Gasteiger partial charge < -0.3 is 0 Å². The standard InChI is InChI=1S/C9H17N.C2H6/c1-6-9(7(2)3)8(4)10-5;1-2/h6-7H,1-5H3;1-2H3/b9-6-,10-8?;. The number of nitrogens with zero attached hydrogens (tertiary/aromatic N) is 1. The summed E-state index contributed by atoms with van der Waals surface area (Å²) in [5.41, 5.74) is 2.50. The molecule has 0 saturated carbocycles. The molecule has 0 fully saturated rings. The second-order valence-corrected chi connectivity index (χ2v) is 2.71. The Morgan fingerprint density at radius 2 is 1.67 bits per heavy atom. The summed E-state index contributed by atoms with van der Waals surface area (Å²) in [5.74, 6) is 0.591. The van der Waals surface area contributed by atoms with Crippen LogP contribution >= 0.6 is 0 Å². The van der Waals surface area contributed by atoms with E-state index in [2.05, 4.69) is 38.8 Å². The molecule has 0 aliphatic heterocycles. The first-order valence-corrected chi connectivity index (χ1v) is 4.73. The Bertz CT molecular complexity index is 152. The van der Waals surface area contributed by atoms with Gasteiger partial charge in [-0.2, -0.15) is 0 Å². The Kier molecular flexibility index (Phi) is 9.90. The minimum atomic E-state index is 0.591. The predicted molar refractivity (Wildman–Crippen MR) is 59.0 cm³/mol. The van der Waals surface area contributed by atoms with Crippen LogP contribution in [0, 0.1) is 5.92 Å².